The van der Waals surface area contributed by atoms with Gasteiger partial charge in [0.15, 0.2) is 0 Å². The van der Waals surface area contributed by atoms with E-state index in [1.807, 2.05) is 11.7 Å². The van der Waals surface area contributed by atoms with Crippen LogP contribution in [-0.4, -0.2) is 16.3 Å². The van der Waals surface area contributed by atoms with Crippen molar-refractivity contribution in [2.75, 3.05) is 6.54 Å². The van der Waals surface area contributed by atoms with E-state index < -0.39 is 0 Å². The highest BCUT2D eigenvalue weighted by Crippen LogP contribution is 2.30. The molecule has 3 nitrogen and oxygen atoms in total. The van der Waals surface area contributed by atoms with Crippen LogP contribution in [-0.2, 0) is 13.5 Å². The molecule has 1 atom stereocenters. The van der Waals surface area contributed by atoms with Gasteiger partial charge in [-0.05, 0) is 31.0 Å². The molecular formula is C17H25N3. The molecule has 108 valence electrons. The van der Waals surface area contributed by atoms with Gasteiger partial charge in [0.25, 0.3) is 0 Å². The van der Waals surface area contributed by atoms with Crippen molar-refractivity contribution >= 4 is 0 Å². The van der Waals surface area contributed by atoms with Gasteiger partial charge in [-0.25, -0.2) is 0 Å². The van der Waals surface area contributed by atoms with Crippen molar-refractivity contribution in [3.05, 3.63) is 41.7 Å². The maximum absolute atomic E-state index is 4.62. The first-order valence-electron chi connectivity index (χ1n) is 7.52. The van der Waals surface area contributed by atoms with E-state index in [9.17, 15) is 0 Å². The fourth-order valence-corrected chi connectivity index (χ4v) is 2.72. The fraction of sp³-hybridized carbons (Fsp3) is 0.471. The quantitative estimate of drug-likeness (QED) is 0.868. The molecular weight excluding hydrogens is 246 g/mol. The summed E-state index contributed by atoms with van der Waals surface area (Å²) in [4.78, 5) is 0. The van der Waals surface area contributed by atoms with E-state index in [-0.39, 0.29) is 0 Å². The van der Waals surface area contributed by atoms with Gasteiger partial charge in [-0.15, -0.1) is 0 Å². The molecule has 0 radical (unpaired) electrons. The highest BCUT2D eigenvalue weighted by atomic mass is 15.2. The second kappa shape index (κ2) is 6.71. The zero-order valence-electron chi connectivity index (χ0n) is 13.0. The Balaban J connectivity index is 2.47. The van der Waals surface area contributed by atoms with Gasteiger partial charge in [-0.2, -0.15) is 5.10 Å². The molecule has 0 saturated heterocycles. The van der Waals surface area contributed by atoms with Gasteiger partial charge in [0.2, 0.25) is 0 Å². The van der Waals surface area contributed by atoms with E-state index in [2.05, 4.69) is 61.6 Å². The zero-order valence-corrected chi connectivity index (χ0v) is 13.0. The summed E-state index contributed by atoms with van der Waals surface area (Å²) in [5, 5.41) is 8.12. The van der Waals surface area contributed by atoms with Crippen LogP contribution in [0.15, 0.2) is 30.5 Å². The summed E-state index contributed by atoms with van der Waals surface area (Å²) >= 11 is 0. The Bertz CT molecular complexity index is 557. The second-order valence-electron chi connectivity index (χ2n) is 5.28. The van der Waals surface area contributed by atoms with Crippen molar-refractivity contribution in [1.29, 1.82) is 0 Å². The molecule has 1 heterocycles. The third kappa shape index (κ3) is 3.10. The number of nitrogens with one attached hydrogen (secondary N) is 1. The Morgan fingerprint density at radius 3 is 2.65 bits per heavy atom. The molecule has 20 heavy (non-hydrogen) atoms. The van der Waals surface area contributed by atoms with E-state index >= 15 is 0 Å². The smallest absolute Gasteiger partial charge is 0.0702 e. The second-order valence-corrected chi connectivity index (χ2v) is 5.28. The van der Waals surface area contributed by atoms with Gasteiger partial charge in [-0.1, -0.05) is 44.5 Å². The lowest BCUT2D eigenvalue weighted by Crippen LogP contribution is -2.18. The van der Waals surface area contributed by atoms with Crippen LogP contribution in [0.4, 0.5) is 0 Å². The first-order chi connectivity index (χ1) is 9.67. The third-order valence-electron chi connectivity index (χ3n) is 3.62. The minimum atomic E-state index is 0.353. The number of aryl methyl sites for hydroxylation is 2. The standard InChI is InChI=1S/C17H25N3/c1-5-9-17-16(12-20(4)19-17)15-11-8-7-10-14(15)13(3)18-6-2/h7-8,10-13,18H,5-6,9H2,1-4H3. The molecule has 0 aliphatic rings. The lowest BCUT2D eigenvalue weighted by Gasteiger charge is -2.17. The van der Waals surface area contributed by atoms with Crippen LogP contribution in [0.5, 0.6) is 0 Å². The zero-order chi connectivity index (χ0) is 14.5. The highest BCUT2D eigenvalue weighted by molar-refractivity contribution is 5.69. The molecule has 2 rings (SSSR count). The molecule has 3 heteroatoms. The van der Waals surface area contributed by atoms with Crippen molar-refractivity contribution in [2.45, 2.75) is 39.7 Å². The molecule has 2 aromatic rings. The average molecular weight is 271 g/mol. The largest absolute Gasteiger partial charge is 0.310 e. The first-order valence-corrected chi connectivity index (χ1v) is 7.52. The molecule has 0 aliphatic carbocycles. The summed E-state index contributed by atoms with van der Waals surface area (Å²) in [7, 11) is 2.00. The molecule has 1 unspecified atom stereocenters. The van der Waals surface area contributed by atoms with Gasteiger partial charge in [0.05, 0.1) is 5.69 Å². The van der Waals surface area contributed by atoms with Crippen LogP contribution < -0.4 is 5.32 Å². The Hall–Kier alpha value is -1.61. The number of hydrogen-bond donors (Lipinski definition) is 1. The minimum absolute atomic E-state index is 0.353. The molecule has 0 aliphatic heterocycles. The van der Waals surface area contributed by atoms with Gasteiger partial charge >= 0.3 is 0 Å². The monoisotopic (exact) mass is 271 g/mol. The van der Waals surface area contributed by atoms with Crippen molar-refractivity contribution in [2.24, 2.45) is 7.05 Å². The summed E-state index contributed by atoms with van der Waals surface area (Å²) in [6, 6.07) is 9.00. The number of hydrogen-bond acceptors (Lipinski definition) is 2. The minimum Gasteiger partial charge on any atom is -0.310 e. The van der Waals surface area contributed by atoms with E-state index in [4.69, 9.17) is 0 Å². The molecule has 0 saturated carbocycles. The topological polar surface area (TPSA) is 29.9 Å². The van der Waals surface area contributed by atoms with E-state index in [1.165, 1.54) is 22.4 Å². The van der Waals surface area contributed by atoms with Crippen LogP contribution >= 0.6 is 0 Å². The summed E-state index contributed by atoms with van der Waals surface area (Å²) in [6.07, 6.45) is 4.29. The molecule has 1 aromatic heterocycles. The highest BCUT2D eigenvalue weighted by Gasteiger charge is 2.15. The fourth-order valence-electron chi connectivity index (χ4n) is 2.72. The van der Waals surface area contributed by atoms with Crippen molar-refractivity contribution < 1.29 is 0 Å². The lowest BCUT2D eigenvalue weighted by atomic mass is 9.95. The number of benzene rings is 1. The number of rotatable bonds is 6. The van der Waals surface area contributed by atoms with Gasteiger partial charge in [0.1, 0.15) is 0 Å². The predicted molar refractivity (Wildman–Crippen MR) is 84.7 cm³/mol. The SMILES string of the molecule is CCCc1nn(C)cc1-c1ccccc1C(C)NCC. The lowest BCUT2D eigenvalue weighted by molar-refractivity contribution is 0.599. The summed E-state index contributed by atoms with van der Waals surface area (Å²) in [6.45, 7) is 7.54. The molecule has 1 N–H and O–H groups in total. The maximum Gasteiger partial charge on any atom is 0.0702 e. The first kappa shape index (κ1) is 14.8. The van der Waals surface area contributed by atoms with Gasteiger partial charge < -0.3 is 5.32 Å². The van der Waals surface area contributed by atoms with Crippen LogP contribution in [0.1, 0.15) is 44.5 Å². The molecule has 0 bridgehead atoms. The summed E-state index contributed by atoms with van der Waals surface area (Å²) < 4.78 is 1.93. The van der Waals surface area contributed by atoms with E-state index in [0.717, 1.165) is 19.4 Å². The Morgan fingerprint density at radius 2 is 1.95 bits per heavy atom. The van der Waals surface area contributed by atoms with Gasteiger partial charge in [0, 0.05) is 24.8 Å². The number of nitrogens with zero attached hydrogens (tertiary/aromatic N) is 2. The Labute approximate surface area is 122 Å². The predicted octanol–water partition coefficient (Wildman–Crippen LogP) is 3.71. The van der Waals surface area contributed by atoms with Crippen LogP contribution in [0.3, 0.4) is 0 Å². The van der Waals surface area contributed by atoms with Crippen LogP contribution in [0.25, 0.3) is 11.1 Å². The third-order valence-corrected chi connectivity index (χ3v) is 3.62. The van der Waals surface area contributed by atoms with Crippen molar-refractivity contribution in [3.8, 4) is 11.1 Å². The Morgan fingerprint density at radius 1 is 1.20 bits per heavy atom. The van der Waals surface area contributed by atoms with Gasteiger partial charge in [-0.3, -0.25) is 4.68 Å². The van der Waals surface area contributed by atoms with Crippen molar-refractivity contribution in [3.63, 3.8) is 0 Å². The van der Waals surface area contributed by atoms with E-state index in [0.29, 0.717) is 6.04 Å². The summed E-state index contributed by atoms with van der Waals surface area (Å²) in [5.74, 6) is 0. The summed E-state index contributed by atoms with van der Waals surface area (Å²) in [5.41, 5.74) is 5.12. The molecule has 1 aromatic carbocycles. The van der Waals surface area contributed by atoms with Crippen molar-refractivity contribution in [1.82, 2.24) is 15.1 Å². The maximum atomic E-state index is 4.62. The normalized spacial score (nSPS) is 12.6. The van der Waals surface area contributed by atoms with Crippen LogP contribution in [0.2, 0.25) is 0 Å². The number of aromatic nitrogens is 2. The molecule has 0 fully saturated rings. The average Bonchev–Trinajstić information content (AvgIpc) is 2.80. The Kier molecular flexibility index (Phi) is 4.96. The van der Waals surface area contributed by atoms with E-state index in [1.54, 1.807) is 0 Å². The molecule has 0 spiro atoms. The van der Waals surface area contributed by atoms with Crippen LogP contribution in [0, 0.1) is 0 Å². The molecule has 0 amide bonds.